The van der Waals surface area contributed by atoms with Crippen molar-refractivity contribution in [3.63, 3.8) is 0 Å². The topological polar surface area (TPSA) is 35.5 Å². The summed E-state index contributed by atoms with van der Waals surface area (Å²) < 4.78 is 0. The average molecular weight is 268 g/mol. The maximum absolute atomic E-state index is 9.18. The zero-order valence-electron chi connectivity index (χ0n) is 12.6. The Morgan fingerprint density at radius 2 is 1.95 bits per heavy atom. The van der Waals surface area contributed by atoms with Crippen LogP contribution in [0.1, 0.15) is 51.9 Å². The molecule has 112 valence electrons. The highest BCUT2D eigenvalue weighted by molar-refractivity contribution is 4.84. The van der Waals surface area contributed by atoms with Crippen LogP contribution in [0.2, 0.25) is 0 Å². The zero-order valence-corrected chi connectivity index (χ0v) is 12.6. The molecule has 3 nitrogen and oxygen atoms in total. The second kappa shape index (κ2) is 8.23. The molecule has 2 rings (SSSR count). The van der Waals surface area contributed by atoms with Gasteiger partial charge in [0.25, 0.3) is 0 Å². The van der Waals surface area contributed by atoms with Gasteiger partial charge in [0.15, 0.2) is 0 Å². The van der Waals surface area contributed by atoms with Crippen molar-refractivity contribution in [1.82, 2.24) is 10.2 Å². The number of nitrogens with zero attached hydrogens (tertiary/aromatic N) is 1. The van der Waals surface area contributed by atoms with Crippen LogP contribution in [0.3, 0.4) is 0 Å². The largest absolute Gasteiger partial charge is 0.396 e. The first-order valence-corrected chi connectivity index (χ1v) is 8.38. The van der Waals surface area contributed by atoms with Crippen LogP contribution in [-0.2, 0) is 0 Å². The van der Waals surface area contributed by atoms with E-state index in [4.69, 9.17) is 0 Å². The smallest absolute Gasteiger partial charge is 0.0434 e. The first-order valence-electron chi connectivity index (χ1n) is 8.38. The lowest BCUT2D eigenvalue weighted by Crippen LogP contribution is -2.50. The highest BCUT2D eigenvalue weighted by Gasteiger charge is 2.27. The van der Waals surface area contributed by atoms with Crippen LogP contribution >= 0.6 is 0 Å². The minimum atomic E-state index is 0.347. The summed E-state index contributed by atoms with van der Waals surface area (Å²) in [5, 5.41) is 13.0. The fourth-order valence-corrected chi connectivity index (χ4v) is 3.89. The molecule has 2 N–H and O–H groups in total. The Labute approximate surface area is 118 Å². The van der Waals surface area contributed by atoms with Crippen molar-refractivity contribution in [2.24, 2.45) is 11.8 Å². The standard InChI is InChI=1S/C16H32N2O/c1-2-8-18-12-15(7-9-19)10-16(13-18)17-11-14-5-3-4-6-14/h14-17,19H,2-13H2,1H3. The van der Waals surface area contributed by atoms with Crippen molar-refractivity contribution in [2.75, 3.05) is 32.8 Å². The molecule has 0 spiro atoms. The summed E-state index contributed by atoms with van der Waals surface area (Å²) >= 11 is 0. The first kappa shape index (κ1) is 15.3. The number of nitrogens with one attached hydrogen (secondary N) is 1. The Hall–Kier alpha value is -0.120. The van der Waals surface area contributed by atoms with Crippen molar-refractivity contribution in [2.45, 2.75) is 57.9 Å². The third-order valence-electron chi connectivity index (χ3n) is 4.86. The molecule has 2 unspecified atom stereocenters. The molecule has 1 aliphatic heterocycles. The van der Waals surface area contributed by atoms with Crippen LogP contribution in [0.15, 0.2) is 0 Å². The van der Waals surface area contributed by atoms with E-state index < -0.39 is 0 Å². The normalized spacial score (nSPS) is 30.0. The number of hydrogen-bond acceptors (Lipinski definition) is 3. The predicted molar refractivity (Wildman–Crippen MR) is 80.3 cm³/mol. The maximum atomic E-state index is 9.18. The summed E-state index contributed by atoms with van der Waals surface area (Å²) in [7, 11) is 0. The molecule has 1 saturated heterocycles. The molecule has 3 heteroatoms. The van der Waals surface area contributed by atoms with Crippen LogP contribution in [0.25, 0.3) is 0 Å². The van der Waals surface area contributed by atoms with E-state index in [1.54, 1.807) is 0 Å². The molecule has 2 aliphatic rings. The fourth-order valence-electron chi connectivity index (χ4n) is 3.89. The van der Waals surface area contributed by atoms with E-state index in [9.17, 15) is 5.11 Å². The monoisotopic (exact) mass is 268 g/mol. The third kappa shape index (κ3) is 5.05. The van der Waals surface area contributed by atoms with E-state index in [0.29, 0.717) is 18.6 Å². The van der Waals surface area contributed by atoms with E-state index in [2.05, 4.69) is 17.1 Å². The molecule has 1 saturated carbocycles. The maximum Gasteiger partial charge on any atom is 0.0434 e. The van der Waals surface area contributed by atoms with Crippen LogP contribution in [0.5, 0.6) is 0 Å². The van der Waals surface area contributed by atoms with Crippen LogP contribution < -0.4 is 5.32 Å². The minimum absolute atomic E-state index is 0.347. The fraction of sp³-hybridized carbons (Fsp3) is 1.00. The van der Waals surface area contributed by atoms with Crippen LogP contribution in [0.4, 0.5) is 0 Å². The molecule has 0 amide bonds. The SMILES string of the molecule is CCCN1CC(CCO)CC(NCC2CCCC2)C1. The highest BCUT2D eigenvalue weighted by atomic mass is 16.3. The van der Waals surface area contributed by atoms with Gasteiger partial charge in [-0.05, 0) is 57.0 Å². The minimum Gasteiger partial charge on any atom is -0.396 e. The van der Waals surface area contributed by atoms with Crippen molar-refractivity contribution in [1.29, 1.82) is 0 Å². The summed E-state index contributed by atoms with van der Waals surface area (Å²) in [5.41, 5.74) is 0. The van der Waals surface area contributed by atoms with Gasteiger partial charge in [-0.15, -0.1) is 0 Å². The van der Waals surface area contributed by atoms with E-state index in [1.807, 2.05) is 0 Å². The number of likely N-dealkylation sites (tertiary alicyclic amines) is 1. The van der Waals surface area contributed by atoms with Gasteiger partial charge in [-0.1, -0.05) is 19.8 Å². The van der Waals surface area contributed by atoms with Gasteiger partial charge in [0.1, 0.15) is 0 Å². The third-order valence-corrected chi connectivity index (χ3v) is 4.86. The highest BCUT2D eigenvalue weighted by Crippen LogP contribution is 2.25. The number of hydrogen-bond donors (Lipinski definition) is 2. The lowest BCUT2D eigenvalue weighted by atomic mass is 9.91. The first-order chi connectivity index (χ1) is 9.31. The van der Waals surface area contributed by atoms with Crippen LogP contribution in [0, 0.1) is 11.8 Å². The molecule has 0 bridgehead atoms. The number of aliphatic hydroxyl groups excluding tert-OH is 1. The zero-order chi connectivity index (χ0) is 13.5. The summed E-state index contributed by atoms with van der Waals surface area (Å²) in [5.74, 6) is 1.62. The Balaban J connectivity index is 1.76. The van der Waals surface area contributed by atoms with E-state index in [1.165, 1.54) is 64.7 Å². The molecular formula is C16H32N2O. The van der Waals surface area contributed by atoms with Crippen molar-refractivity contribution >= 4 is 0 Å². The summed E-state index contributed by atoms with van der Waals surface area (Å²) in [6.07, 6.45) is 9.20. The van der Waals surface area contributed by atoms with E-state index in [0.717, 1.165) is 12.3 Å². The molecule has 0 aromatic heterocycles. The second-order valence-electron chi connectivity index (χ2n) is 6.63. The van der Waals surface area contributed by atoms with Crippen LogP contribution in [-0.4, -0.2) is 48.8 Å². The molecule has 2 atom stereocenters. The van der Waals surface area contributed by atoms with Crippen molar-refractivity contribution in [3.8, 4) is 0 Å². The van der Waals surface area contributed by atoms with Gasteiger partial charge in [0.05, 0.1) is 0 Å². The Morgan fingerprint density at radius 1 is 1.16 bits per heavy atom. The van der Waals surface area contributed by atoms with E-state index >= 15 is 0 Å². The van der Waals surface area contributed by atoms with Crippen molar-refractivity contribution < 1.29 is 5.11 Å². The lowest BCUT2D eigenvalue weighted by molar-refractivity contribution is 0.119. The lowest BCUT2D eigenvalue weighted by Gasteiger charge is -2.38. The molecule has 1 aliphatic carbocycles. The summed E-state index contributed by atoms with van der Waals surface area (Å²) in [4.78, 5) is 2.59. The van der Waals surface area contributed by atoms with Gasteiger partial charge in [-0.3, -0.25) is 0 Å². The predicted octanol–water partition coefficient (Wildman–Crippen LogP) is 2.25. The molecule has 0 radical (unpaired) electrons. The molecular weight excluding hydrogens is 236 g/mol. The number of piperidine rings is 1. The van der Waals surface area contributed by atoms with Gasteiger partial charge in [0.2, 0.25) is 0 Å². The summed E-state index contributed by atoms with van der Waals surface area (Å²) in [6.45, 7) is 7.44. The van der Waals surface area contributed by atoms with E-state index in [-0.39, 0.29) is 0 Å². The average Bonchev–Trinajstić information content (AvgIpc) is 2.90. The number of rotatable bonds is 7. The molecule has 2 fully saturated rings. The molecule has 0 aromatic rings. The van der Waals surface area contributed by atoms with Gasteiger partial charge < -0.3 is 15.3 Å². The molecule has 1 heterocycles. The Morgan fingerprint density at radius 3 is 2.63 bits per heavy atom. The van der Waals surface area contributed by atoms with Gasteiger partial charge in [-0.2, -0.15) is 0 Å². The summed E-state index contributed by atoms with van der Waals surface area (Å²) in [6, 6.07) is 0.650. The van der Waals surface area contributed by atoms with Crippen molar-refractivity contribution in [3.05, 3.63) is 0 Å². The quantitative estimate of drug-likeness (QED) is 0.743. The Bertz CT molecular complexity index is 227. The van der Waals surface area contributed by atoms with Gasteiger partial charge in [-0.25, -0.2) is 0 Å². The Kier molecular flexibility index (Phi) is 6.62. The second-order valence-corrected chi connectivity index (χ2v) is 6.63. The molecule has 19 heavy (non-hydrogen) atoms. The van der Waals surface area contributed by atoms with Gasteiger partial charge in [0, 0.05) is 25.7 Å². The molecule has 0 aromatic carbocycles. The van der Waals surface area contributed by atoms with Gasteiger partial charge >= 0.3 is 0 Å². The number of aliphatic hydroxyl groups is 1.